The predicted molar refractivity (Wildman–Crippen MR) is 59.9 cm³/mol. The van der Waals surface area contributed by atoms with Crippen molar-refractivity contribution in [2.24, 2.45) is 0 Å². The van der Waals surface area contributed by atoms with Crippen LogP contribution in [0.2, 0.25) is 0 Å². The third-order valence-corrected chi connectivity index (χ3v) is 3.99. The van der Waals surface area contributed by atoms with Gasteiger partial charge in [0.1, 0.15) is 0 Å². The Labute approximate surface area is 89.2 Å². The third-order valence-electron chi connectivity index (χ3n) is 1.84. The zero-order valence-corrected chi connectivity index (χ0v) is 9.83. The summed E-state index contributed by atoms with van der Waals surface area (Å²) in [4.78, 5) is 0. The van der Waals surface area contributed by atoms with Crippen LogP contribution in [0.3, 0.4) is 0 Å². The molecule has 0 aliphatic heterocycles. The highest BCUT2D eigenvalue weighted by atomic mass is 32.2. The monoisotopic (exact) mass is 233 g/mol. The minimum absolute atomic E-state index is 0.230. The van der Waals surface area contributed by atoms with Crippen LogP contribution in [0.25, 0.3) is 0 Å². The van der Waals surface area contributed by atoms with Gasteiger partial charge in [0.25, 0.3) is 0 Å². The summed E-state index contributed by atoms with van der Waals surface area (Å²) in [6.45, 7) is 2.39. The smallest absolute Gasteiger partial charge is 0.211 e. The molecule has 0 aliphatic carbocycles. The molecule has 0 radical (unpaired) electrons. The van der Waals surface area contributed by atoms with E-state index in [0.717, 1.165) is 18.4 Å². The molecule has 0 bridgehead atoms. The summed E-state index contributed by atoms with van der Waals surface area (Å²) in [5, 5.41) is 3.89. The van der Waals surface area contributed by atoms with Crippen molar-refractivity contribution in [1.29, 1.82) is 0 Å². The molecule has 0 amide bonds. The van der Waals surface area contributed by atoms with Gasteiger partial charge in [-0.15, -0.1) is 0 Å². The van der Waals surface area contributed by atoms with Crippen LogP contribution < -0.4 is 4.72 Å². The molecular weight excluding hydrogens is 218 g/mol. The molecule has 1 rings (SSSR count). The first-order chi connectivity index (χ1) is 6.64. The van der Waals surface area contributed by atoms with Crippen molar-refractivity contribution in [2.75, 3.05) is 5.75 Å². The molecule has 0 fully saturated rings. The van der Waals surface area contributed by atoms with Gasteiger partial charge >= 0.3 is 0 Å². The molecule has 1 aromatic heterocycles. The van der Waals surface area contributed by atoms with E-state index >= 15 is 0 Å². The SMILES string of the molecule is CCCCS(=O)(=O)NCc1ccsc1. The Morgan fingerprint density at radius 2 is 2.29 bits per heavy atom. The fourth-order valence-electron chi connectivity index (χ4n) is 0.993. The average Bonchev–Trinajstić information content (AvgIpc) is 2.64. The topological polar surface area (TPSA) is 46.2 Å². The van der Waals surface area contributed by atoms with Crippen LogP contribution >= 0.6 is 11.3 Å². The summed E-state index contributed by atoms with van der Waals surface area (Å²) in [6.07, 6.45) is 1.62. The maximum atomic E-state index is 11.4. The molecule has 14 heavy (non-hydrogen) atoms. The second kappa shape index (κ2) is 5.48. The van der Waals surface area contributed by atoms with Crippen molar-refractivity contribution in [1.82, 2.24) is 4.72 Å². The molecule has 0 unspecified atom stereocenters. The molecule has 0 atom stereocenters. The quantitative estimate of drug-likeness (QED) is 0.816. The highest BCUT2D eigenvalue weighted by molar-refractivity contribution is 7.89. The van der Waals surface area contributed by atoms with Crippen LogP contribution in [0.5, 0.6) is 0 Å². The molecule has 1 N–H and O–H groups in total. The summed E-state index contributed by atoms with van der Waals surface area (Å²) in [6, 6.07) is 1.92. The van der Waals surface area contributed by atoms with Crippen LogP contribution in [-0.4, -0.2) is 14.2 Å². The second-order valence-electron chi connectivity index (χ2n) is 3.13. The molecule has 0 aromatic carbocycles. The number of thiophene rings is 1. The lowest BCUT2D eigenvalue weighted by molar-refractivity contribution is 0.578. The van der Waals surface area contributed by atoms with Gasteiger partial charge in [0.15, 0.2) is 0 Å². The molecular formula is C9H15NO2S2. The van der Waals surface area contributed by atoms with Crippen LogP contribution in [0.4, 0.5) is 0 Å². The van der Waals surface area contributed by atoms with Crippen molar-refractivity contribution in [3.8, 4) is 0 Å². The van der Waals surface area contributed by atoms with E-state index in [1.165, 1.54) is 0 Å². The largest absolute Gasteiger partial charge is 0.212 e. The van der Waals surface area contributed by atoms with Crippen molar-refractivity contribution in [3.63, 3.8) is 0 Å². The fourth-order valence-corrected chi connectivity index (χ4v) is 2.86. The summed E-state index contributed by atoms with van der Waals surface area (Å²) in [5.41, 5.74) is 1.02. The van der Waals surface area contributed by atoms with Gasteiger partial charge in [-0.25, -0.2) is 13.1 Å². The molecule has 1 aromatic rings. The average molecular weight is 233 g/mol. The number of hydrogen-bond donors (Lipinski definition) is 1. The summed E-state index contributed by atoms with van der Waals surface area (Å²) in [7, 11) is -3.07. The standard InChI is InChI=1S/C9H15NO2S2/c1-2-3-6-14(11,12)10-7-9-4-5-13-8-9/h4-5,8,10H,2-3,6-7H2,1H3. The third kappa shape index (κ3) is 4.21. The van der Waals surface area contributed by atoms with Gasteiger partial charge in [-0.2, -0.15) is 11.3 Å². The lowest BCUT2D eigenvalue weighted by atomic mass is 10.4. The number of rotatable bonds is 6. The van der Waals surface area contributed by atoms with E-state index in [4.69, 9.17) is 0 Å². The van der Waals surface area contributed by atoms with Crippen molar-refractivity contribution in [3.05, 3.63) is 22.4 Å². The summed E-state index contributed by atoms with van der Waals surface area (Å²) >= 11 is 1.57. The Bertz CT molecular complexity index is 343. The Kier molecular flexibility index (Phi) is 4.57. The molecule has 80 valence electrons. The van der Waals surface area contributed by atoms with Crippen LogP contribution in [-0.2, 0) is 16.6 Å². The predicted octanol–water partition coefficient (Wildman–Crippen LogP) is 1.97. The second-order valence-corrected chi connectivity index (χ2v) is 5.83. The first-order valence-electron chi connectivity index (χ1n) is 4.62. The minimum atomic E-state index is -3.07. The molecule has 0 aliphatic rings. The van der Waals surface area contributed by atoms with E-state index in [-0.39, 0.29) is 5.75 Å². The highest BCUT2D eigenvalue weighted by Crippen LogP contribution is 2.05. The molecule has 0 spiro atoms. The zero-order chi connectivity index (χ0) is 10.4. The van der Waals surface area contributed by atoms with E-state index in [2.05, 4.69) is 4.72 Å². The maximum absolute atomic E-state index is 11.4. The fraction of sp³-hybridized carbons (Fsp3) is 0.556. The maximum Gasteiger partial charge on any atom is 0.211 e. The van der Waals surface area contributed by atoms with E-state index in [1.807, 2.05) is 23.8 Å². The lowest BCUT2D eigenvalue weighted by Crippen LogP contribution is -2.25. The van der Waals surface area contributed by atoms with Gasteiger partial charge in [0.2, 0.25) is 10.0 Å². The summed E-state index contributed by atoms with van der Waals surface area (Å²) in [5.74, 6) is 0.230. The summed E-state index contributed by atoms with van der Waals surface area (Å²) < 4.78 is 25.3. The highest BCUT2D eigenvalue weighted by Gasteiger charge is 2.08. The molecule has 0 saturated heterocycles. The van der Waals surface area contributed by atoms with E-state index in [0.29, 0.717) is 6.54 Å². The van der Waals surface area contributed by atoms with Gasteiger partial charge in [-0.3, -0.25) is 0 Å². The first kappa shape index (κ1) is 11.7. The van der Waals surface area contributed by atoms with Gasteiger partial charge < -0.3 is 0 Å². The van der Waals surface area contributed by atoms with Gasteiger partial charge in [0, 0.05) is 6.54 Å². The number of unbranched alkanes of at least 4 members (excludes halogenated alkanes) is 1. The van der Waals surface area contributed by atoms with Crippen LogP contribution in [0, 0.1) is 0 Å². The van der Waals surface area contributed by atoms with Crippen molar-refractivity contribution in [2.45, 2.75) is 26.3 Å². The Morgan fingerprint density at radius 1 is 1.50 bits per heavy atom. The molecule has 1 heterocycles. The van der Waals surface area contributed by atoms with Crippen molar-refractivity contribution < 1.29 is 8.42 Å². The van der Waals surface area contributed by atoms with Crippen molar-refractivity contribution >= 4 is 21.4 Å². The molecule has 5 heteroatoms. The van der Waals surface area contributed by atoms with E-state index in [1.54, 1.807) is 11.3 Å². The Balaban J connectivity index is 2.37. The van der Waals surface area contributed by atoms with Crippen LogP contribution in [0.1, 0.15) is 25.3 Å². The lowest BCUT2D eigenvalue weighted by Gasteiger charge is -2.04. The Hall–Kier alpha value is -0.390. The number of sulfonamides is 1. The molecule has 0 saturated carbocycles. The minimum Gasteiger partial charge on any atom is -0.212 e. The van der Waals surface area contributed by atoms with Gasteiger partial charge in [-0.05, 0) is 28.8 Å². The van der Waals surface area contributed by atoms with E-state index < -0.39 is 10.0 Å². The molecule has 3 nitrogen and oxygen atoms in total. The number of hydrogen-bond acceptors (Lipinski definition) is 3. The van der Waals surface area contributed by atoms with Gasteiger partial charge in [0.05, 0.1) is 5.75 Å². The normalized spacial score (nSPS) is 11.8. The van der Waals surface area contributed by atoms with E-state index in [9.17, 15) is 8.42 Å². The first-order valence-corrected chi connectivity index (χ1v) is 7.22. The van der Waals surface area contributed by atoms with Gasteiger partial charge in [-0.1, -0.05) is 13.3 Å². The Morgan fingerprint density at radius 3 is 2.86 bits per heavy atom. The van der Waals surface area contributed by atoms with Crippen LogP contribution in [0.15, 0.2) is 16.8 Å². The zero-order valence-electron chi connectivity index (χ0n) is 8.19. The number of nitrogens with one attached hydrogen (secondary N) is 1.